The first-order chi connectivity index (χ1) is 7.06. The Balaban J connectivity index is 2.74. The maximum atomic E-state index is 13.2. The molecule has 0 fully saturated rings. The van der Waals surface area contributed by atoms with Gasteiger partial charge in [0.15, 0.2) is 17.5 Å². The lowest BCUT2D eigenvalue weighted by molar-refractivity contribution is 0.438. The van der Waals surface area contributed by atoms with Gasteiger partial charge in [-0.05, 0) is 38.4 Å². The van der Waals surface area contributed by atoms with Gasteiger partial charge in [-0.15, -0.1) is 0 Å². The van der Waals surface area contributed by atoms with Crippen LogP contribution in [0.4, 0.5) is 13.2 Å². The molecule has 1 aromatic rings. The molecule has 84 valence electrons. The lowest BCUT2D eigenvalue weighted by atomic mass is 10.1. The Morgan fingerprint density at radius 3 is 2.47 bits per heavy atom. The van der Waals surface area contributed by atoms with Gasteiger partial charge in [-0.25, -0.2) is 13.2 Å². The van der Waals surface area contributed by atoms with Crippen molar-refractivity contribution < 1.29 is 13.2 Å². The van der Waals surface area contributed by atoms with Crippen LogP contribution in [0.3, 0.4) is 0 Å². The molecule has 4 heteroatoms. The molecule has 1 rings (SSSR count). The van der Waals surface area contributed by atoms with Crippen molar-refractivity contribution in [2.45, 2.75) is 25.8 Å². The minimum Gasteiger partial charge on any atom is -0.317 e. The summed E-state index contributed by atoms with van der Waals surface area (Å²) in [5.74, 6) is -3.60. The fourth-order valence-corrected chi connectivity index (χ4v) is 1.28. The molecule has 1 atom stereocenters. The van der Waals surface area contributed by atoms with E-state index < -0.39 is 17.5 Å². The quantitative estimate of drug-likeness (QED) is 0.764. The van der Waals surface area contributed by atoms with E-state index in [9.17, 15) is 13.2 Å². The van der Waals surface area contributed by atoms with E-state index in [1.165, 1.54) is 6.07 Å². The predicted molar refractivity (Wildman–Crippen MR) is 53.2 cm³/mol. The van der Waals surface area contributed by atoms with Crippen LogP contribution in [0.1, 0.15) is 18.9 Å². The SMILES string of the molecule is CNC(C)CCc1ccc(F)c(F)c1F. The summed E-state index contributed by atoms with van der Waals surface area (Å²) in [6.45, 7) is 1.94. The van der Waals surface area contributed by atoms with Crippen molar-refractivity contribution in [3.8, 4) is 0 Å². The van der Waals surface area contributed by atoms with Crippen LogP contribution in [0, 0.1) is 17.5 Å². The first-order valence-electron chi connectivity index (χ1n) is 4.86. The van der Waals surface area contributed by atoms with Crippen LogP contribution in [0.25, 0.3) is 0 Å². The van der Waals surface area contributed by atoms with E-state index in [1.54, 1.807) is 7.05 Å². The van der Waals surface area contributed by atoms with Crippen molar-refractivity contribution >= 4 is 0 Å². The number of nitrogens with one attached hydrogen (secondary N) is 1. The van der Waals surface area contributed by atoms with Crippen LogP contribution < -0.4 is 5.32 Å². The summed E-state index contributed by atoms with van der Waals surface area (Å²) >= 11 is 0. The van der Waals surface area contributed by atoms with E-state index >= 15 is 0 Å². The Morgan fingerprint density at radius 1 is 1.20 bits per heavy atom. The highest BCUT2D eigenvalue weighted by Crippen LogP contribution is 2.16. The van der Waals surface area contributed by atoms with Crippen LogP contribution in [0.5, 0.6) is 0 Å². The minimum absolute atomic E-state index is 0.219. The predicted octanol–water partition coefficient (Wildman–Crippen LogP) is 2.64. The third-order valence-corrected chi connectivity index (χ3v) is 2.45. The Bertz CT molecular complexity index is 339. The highest BCUT2D eigenvalue weighted by molar-refractivity contribution is 5.20. The largest absolute Gasteiger partial charge is 0.317 e. The Morgan fingerprint density at radius 2 is 1.87 bits per heavy atom. The van der Waals surface area contributed by atoms with Crippen molar-refractivity contribution in [1.82, 2.24) is 5.32 Å². The average molecular weight is 217 g/mol. The molecule has 15 heavy (non-hydrogen) atoms. The van der Waals surface area contributed by atoms with Crippen molar-refractivity contribution in [2.75, 3.05) is 7.05 Å². The second-order valence-electron chi connectivity index (χ2n) is 3.56. The summed E-state index contributed by atoms with van der Waals surface area (Å²) in [6, 6.07) is 2.46. The minimum atomic E-state index is -1.38. The van der Waals surface area contributed by atoms with Gasteiger partial charge in [0.2, 0.25) is 0 Å². The third kappa shape index (κ3) is 2.96. The summed E-state index contributed by atoms with van der Waals surface area (Å²) in [5, 5.41) is 2.99. The molecule has 1 N–H and O–H groups in total. The van der Waals surface area contributed by atoms with E-state index in [4.69, 9.17) is 0 Å². The fourth-order valence-electron chi connectivity index (χ4n) is 1.28. The van der Waals surface area contributed by atoms with Crippen molar-refractivity contribution in [3.63, 3.8) is 0 Å². The number of benzene rings is 1. The first kappa shape index (κ1) is 12.0. The topological polar surface area (TPSA) is 12.0 Å². The van der Waals surface area contributed by atoms with Crippen molar-refractivity contribution in [1.29, 1.82) is 0 Å². The smallest absolute Gasteiger partial charge is 0.194 e. The molecule has 0 heterocycles. The van der Waals surface area contributed by atoms with E-state index in [1.807, 2.05) is 6.92 Å². The zero-order chi connectivity index (χ0) is 11.4. The maximum Gasteiger partial charge on any atom is 0.194 e. The number of halogens is 3. The summed E-state index contributed by atoms with van der Waals surface area (Å²) in [6.07, 6.45) is 1.07. The molecular weight excluding hydrogens is 203 g/mol. The van der Waals surface area contributed by atoms with Crippen LogP contribution in [0.2, 0.25) is 0 Å². The maximum absolute atomic E-state index is 13.2. The molecular formula is C11H14F3N. The zero-order valence-corrected chi connectivity index (χ0v) is 8.78. The van der Waals surface area contributed by atoms with E-state index in [2.05, 4.69) is 5.32 Å². The van der Waals surface area contributed by atoms with Gasteiger partial charge in [0.05, 0.1) is 0 Å². The standard InChI is InChI=1S/C11H14F3N/c1-7(15-2)3-4-8-5-6-9(12)11(14)10(8)13/h5-7,15H,3-4H2,1-2H3. The highest BCUT2D eigenvalue weighted by atomic mass is 19.2. The Kier molecular flexibility index (Phi) is 4.15. The first-order valence-corrected chi connectivity index (χ1v) is 4.86. The summed E-state index contributed by atoms with van der Waals surface area (Å²) < 4.78 is 38.6. The lowest BCUT2D eigenvalue weighted by Crippen LogP contribution is -2.21. The van der Waals surface area contributed by atoms with Crippen molar-refractivity contribution in [2.24, 2.45) is 0 Å². The highest BCUT2D eigenvalue weighted by Gasteiger charge is 2.13. The Labute approximate surface area is 87.3 Å². The van der Waals surface area contributed by atoms with Gasteiger partial charge in [0, 0.05) is 6.04 Å². The van der Waals surface area contributed by atoms with E-state index in [0.29, 0.717) is 12.8 Å². The van der Waals surface area contributed by atoms with Crippen LogP contribution in [-0.4, -0.2) is 13.1 Å². The third-order valence-electron chi connectivity index (χ3n) is 2.45. The molecule has 0 aromatic heterocycles. The second kappa shape index (κ2) is 5.16. The molecule has 0 spiro atoms. The molecule has 1 nitrogen and oxygen atoms in total. The molecule has 0 aliphatic rings. The number of hydrogen-bond acceptors (Lipinski definition) is 1. The average Bonchev–Trinajstić information content (AvgIpc) is 2.24. The molecule has 0 aliphatic heterocycles. The number of hydrogen-bond donors (Lipinski definition) is 1. The van der Waals surface area contributed by atoms with Gasteiger partial charge < -0.3 is 5.32 Å². The van der Waals surface area contributed by atoms with Gasteiger partial charge in [-0.2, -0.15) is 0 Å². The number of aryl methyl sites for hydroxylation is 1. The van der Waals surface area contributed by atoms with Crippen molar-refractivity contribution in [3.05, 3.63) is 35.1 Å². The molecule has 0 radical (unpaired) electrons. The van der Waals surface area contributed by atoms with E-state index in [-0.39, 0.29) is 11.6 Å². The Hall–Kier alpha value is -1.03. The lowest BCUT2D eigenvalue weighted by Gasteiger charge is -2.10. The molecule has 0 bridgehead atoms. The van der Waals surface area contributed by atoms with Crippen LogP contribution >= 0.6 is 0 Å². The van der Waals surface area contributed by atoms with Gasteiger partial charge in [-0.3, -0.25) is 0 Å². The molecule has 0 aliphatic carbocycles. The molecule has 0 saturated carbocycles. The molecule has 0 saturated heterocycles. The normalized spacial score (nSPS) is 12.9. The van der Waals surface area contributed by atoms with Gasteiger partial charge in [0.1, 0.15) is 0 Å². The van der Waals surface area contributed by atoms with Crippen LogP contribution in [-0.2, 0) is 6.42 Å². The molecule has 1 aromatic carbocycles. The van der Waals surface area contributed by atoms with Crippen LogP contribution in [0.15, 0.2) is 12.1 Å². The summed E-state index contributed by atoms with van der Waals surface area (Å²) in [7, 11) is 1.80. The van der Waals surface area contributed by atoms with E-state index in [0.717, 1.165) is 6.07 Å². The molecule has 1 unspecified atom stereocenters. The summed E-state index contributed by atoms with van der Waals surface area (Å²) in [4.78, 5) is 0. The monoisotopic (exact) mass is 217 g/mol. The van der Waals surface area contributed by atoms with Gasteiger partial charge in [-0.1, -0.05) is 6.07 Å². The summed E-state index contributed by atoms with van der Waals surface area (Å²) in [5.41, 5.74) is 0.219. The van der Waals surface area contributed by atoms with Gasteiger partial charge >= 0.3 is 0 Å². The zero-order valence-electron chi connectivity index (χ0n) is 8.78. The molecule has 0 amide bonds. The fraction of sp³-hybridized carbons (Fsp3) is 0.455. The van der Waals surface area contributed by atoms with Gasteiger partial charge in [0.25, 0.3) is 0 Å². The second-order valence-corrected chi connectivity index (χ2v) is 3.56. The number of rotatable bonds is 4.